The van der Waals surface area contributed by atoms with Gasteiger partial charge < -0.3 is 18.9 Å². The average molecular weight is 410 g/mol. The van der Waals surface area contributed by atoms with Crippen LogP contribution in [0.1, 0.15) is 18.4 Å². The van der Waals surface area contributed by atoms with Gasteiger partial charge >= 0.3 is 0 Å². The maximum atomic E-state index is 11.2. The molecule has 0 aliphatic carbocycles. The molecule has 0 aromatic heterocycles. The van der Waals surface area contributed by atoms with E-state index in [2.05, 4.69) is 11.4 Å². The van der Waals surface area contributed by atoms with Crippen molar-refractivity contribution in [2.45, 2.75) is 25.3 Å². The van der Waals surface area contributed by atoms with E-state index in [1.807, 2.05) is 24.3 Å². The highest BCUT2D eigenvalue weighted by Gasteiger charge is 2.26. The summed E-state index contributed by atoms with van der Waals surface area (Å²) in [4.78, 5) is 11.2. The van der Waals surface area contributed by atoms with Crippen LogP contribution in [-0.4, -0.2) is 46.0 Å². The van der Waals surface area contributed by atoms with Crippen molar-refractivity contribution in [2.75, 3.05) is 35.0 Å². The molecule has 30 heavy (non-hydrogen) atoms. The minimum Gasteiger partial charge on any atom is -0.493 e. The van der Waals surface area contributed by atoms with Crippen LogP contribution in [0, 0.1) is 4.91 Å². The molecule has 0 amide bonds. The fraction of sp³-hybridized carbons (Fsp3) is 0.391. The van der Waals surface area contributed by atoms with E-state index in [-0.39, 0.29) is 6.04 Å². The van der Waals surface area contributed by atoms with Gasteiger partial charge in [0.1, 0.15) is 0 Å². The molecule has 1 saturated heterocycles. The lowest BCUT2D eigenvalue weighted by Gasteiger charge is -2.21. The molecule has 0 saturated carbocycles. The highest BCUT2D eigenvalue weighted by atomic mass is 16.5. The Morgan fingerprint density at radius 3 is 2.00 bits per heavy atom. The van der Waals surface area contributed by atoms with Gasteiger partial charge in [0.25, 0.3) is 0 Å². The quantitative estimate of drug-likeness (QED) is 0.415. The van der Waals surface area contributed by atoms with Crippen molar-refractivity contribution < 1.29 is 18.9 Å². The van der Waals surface area contributed by atoms with Crippen LogP contribution < -0.4 is 18.9 Å². The second-order valence-electron chi connectivity index (χ2n) is 7.46. The topological polar surface area (TPSA) is 69.6 Å². The molecule has 0 radical (unpaired) electrons. The molecule has 7 nitrogen and oxygen atoms in total. The van der Waals surface area contributed by atoms with E-state index < -0.39 is 0 Å². The van der Waals surface area contributed by atoms with Crippen molar-refractivity contribution in [2.24, 2.45) is 5.29 Å². The molecule has 4 rings (SSSR count). The third kappa shape index (κ3) is 3.34. The van der Waals surface area contributed by atoms with Gasteiger partial charge in [0.15, 0.2) is 23.0 Å². The van der Waals surface area contributed by atoms with E-state index in [4.69, 9.17) is 18.9 Å². The number of methoxy groups -OCH3 is 4. The lowest BCUT2D eigenvalue weighted by atomic mass is 9.92. The first-order valence-electron chi connectivity index (χ1n) is 9.96. The van der Waals surface area contributed by atoms with Crippen molar-refractivity contribution in [3.8, 4) is 23.0 Å². The van der Waals surface area contributed by atoms with Crippen LogP contribution in [0.3, 0.4) is 0 Å². The Labute approximate surface area is 175 Å². The number of fused-ring (bicyclic) bond motifs is 3. The smallest absolute Gasteiger partial charge is 0.161 e. The number of nitroso groups, excluding NO2 is 1. The third-order valence-corrected chi connectivity index (χ3v) is 5.95. The fourth-order valence-electron chi connectivity index (χ4n) is 4.44. The van der Waals surface area contributed by atoms with E-state index in [1.165, 1.54) is 0 Å². The molecule has 7 heteroatoms. The first-order chi connectivity index (χ1) is 14.6. The Bertz CT molecular complexity index is 1100. The van der Waals surface area contributed by atoms with Gasteiger partial charge in [0.05, 0.1) is 39.8 Å². The molecular formula is C23H26N2O5. The second kappa shape index (κ2) is 8.26. The van der Waals surface area contributed by atoms with E-state index in [0.717, 1.165) is 46.4 Å². The summed E-state index contributed by atoms with van der Waals surface area (Å²) in [5.41, 5.74) is 1.13. The SMILES string of the molecule is COc1cc2cc(CC3CCCN3N=O)c3cc(OC)c(OC)cc3c2cc1OC. The number of ether oxygens (including phenoxy) is 4. The Morgan fingerprint density at radius 2 is 1.40 bits per heavy atom. The Balaban J connectivity index is 1.99. The van der Waals surface area contributed by atoms with Crippen LogP contribution in [0.5, 0.6) is 23.0 Å². The summed E-state index contributed by atoms with van der Waals surface area (Å²) in [6.45, 7) is 0.710. The lowest BCUT2D eigenvalue weighted by molar-refractivity contribution is 0.262. The van der Waals surface area contributed by atoms with Crippen LogP contribution in [0.2, 0.25) is 0 Å². The zero-order valence-electron chi connectivity index (χ0n) is 17.7. The molecule has 1 aliphatic heterocycles. The van der Waals surface area contributed by atoms with Gasteiger partial charge in [-0.05, 0) is 70.6 Å². The molecule has 1 aliphatic rings. The number of hydrogen-bond donors (Lipinski definition) is 0. The molecule has 1 heterocycles. The number of nitrogens with zero attached hydrogens (tertiary/aromatic N) is 2. The van der Waals surface area contributed by atoms with Crippen LogP contribution in [0.25, 0.3) is 21.5 Å². The first kappa shape index (κ1) is 20.1. The van der Waals surface area contributed by atoms with Crippen LogP contribution >= 0.6 is 0 Å². The van der Waals surface area contributed by atoms with Gasteiger partial charge in [0.2, 0.25) is 0 Å². The van der Waals surface area contributed by atoms with Gasteiger partial charge in [0, 0.05) is 6.54 Å². The normalized spacial score (nSPS) is 16.1. The molecular weight excluding hydrogens is 384 g/mol. The Hall–Kier alpha value is -3.22. The Kier molecular flexibility index (Phi) is 5.53. The summed E-state index contributed by atoms with van der Waals surface area (Å²) in [6.07, 6.45) is 2.65. The molecule has 1 unspecified atom stereocenters. The summed E-state index contributed by atoms with van der Waals surface area (Å²) in [6, 6.07) is 10.2. The minimum absolute atomic E-state index is 0.0939. The van der Waals surface area contributed by atoms with Crippen molar-refractivity contribution in [1.82, 2.24) is 5.01 Å². The predicted octanol–water partition coefficient (Wildman–Crippen LogP) is 4.72. The highest BCUT2D eigenvalue weighted by molar-refractivity contribution is 6.11. The highest BCUT2D eigenvalue weighted by Crippen LogP contribution is 2.42. The monoisotopic (exact) mass is 410 g/mol. The van der Waals surface area contributed by atoms with E-state index in [9.17, 15) is 4.91 Å². The molecule has 0 spiro atoms. The van der Waals surface area contributed by atoms with Gasteiger partial charge in [-0.2, -0.15) is 0 Å². The van der Waals surface area contributed by atoms with E-state index in [1.54, 1.807) is 33.4 Å². The lowest BCUT2D eigenvalue weighted by Crippen LogP contribution is -2.25. The zero-order chi connectivity index (χ0) is 21.3. The predicted molar refractivity (Wildman–Crippen MR) is 117 cm³/mol. The fourth-order valence-corrected chi connectivity index (χ4v) is 4.44. The molecule has 0 N–H and O–H groups in total. The van der Waals surface area contributed by atoms with Crippen LogP contribution in [-0.2, 0) is 6.42 Å². The van der Waals surface area contributed by atoms with Gasteiger partial charge in [-0.25, -0.2) is 0 Å². The van der Waals surface area contributed by atoms with E-state index in [0.29, 0.717) is 29.5 Å². The maximum Gasteiger partial charge on any atom is 0.161 e. The third-order valence-electron chi connectivity index (χ3n) is 5.95. The number of rotatable bonds is 7. The standard InChI is InChI=1S/C23H26N2O5/c1-27-20-10-15-8-14(9-16-6-5-7-25(16)24-26)17-11-22(29-3)23(30-4)13-19(17)18(15)12-21(20)28-2/h8,10-13,16H,5-7,9H2,1-4H3. The minimum atomic E-state index is 0.0939. The van der Waals surface area contributed by atoms with Crippen molar-refractivity contribution in [1.29, 1.82) is 0 Å². The number of benzene rings is 3. The summed E-state index contributed by atoms with van der Waals surface area (Å²) in [5.74, 6) is 2.67. The summed E-state index contributed by atoms with van der Waals surface area (Å²) >= 11 is 0. The molecule has 1 fully saturated rings. The number of hydrogen-bond acceptors (Lipinski definition) is 6. The van der Waals surface area contributed by atoms with Crippen LogP contribution in [0.15, 0.2) is 35.6 Å². The Morgan fingerprint density at radius 1 is 0.833 bits per heavy atom. The molecule has 3 aromatic carbocycles. The molecule has 3 aromatic rings. The summed E-state index contributed by atoms with van der Waals surface area (Å²) < 4.78 is 22.2. The maximum absolute atomic E-state index is 11.2. The van der Waals surface area contributed by atoms with Gasteiger partial charge in [-0.3, -0.25) is 5.01 Å². The largest absolute Gasteiger partial charge is 0.493 e. The summed E-state index contributed by atoms with van der Waals surface area (Å²) in [7, 11) is 6.52. The van der Waals surface area contributed by atoms with Gasteiger partial charge in [-0.1, -0.05) is 6.07 Å². The first-order valence-corrected chi connectivity index (χ1v) is 9.96. The van der Waals surface area contributed by atoms with Crippen molar-refractivity contribution >= 4 is 21.5 Å². The van der Waals surface area contributed by atoms with Crippen LogP contribution in [0.4, 0.5) is 0 Å². The summed E-state index contributed by atoms with van der Waals surface area (Å²) in [5, 5.41) is 9.04. The zero-order valence-corrected chi connectivity index (χ0v) is 17.7. The average Bonchev–Trinajstić information content (AvgIpc) is 3.24. The molecule has 158 valence electrons. The molecule has 1 atom stereocenters. The van der Waals surface area contributed by atoms with Crippen molar-refractivity contribution in [3.05, 3.63) is 40.8 Å². The van der Waals surface area contributed by atoms with Gasteiger partial charge in [-0.15, -0.1) is 4.91 Å². The van der Waals surface area contributed by atoms with E-state index >= 15 is 0 Å². The molecule has 0 bridgehead atoms. The van der Waals surface area contributed by atoms with Crippen molar-refractivity contribution in [3.63, 3.8) is 0 Å². The second-order valence-corrected chi connectivity index (χ2v) is 7.46.